The van der Waals surface area contributed by atoms with E-state index in [9.17, 15) is 14.4 Å². The van der Waals surface area contributed by atoms with Gasteiger partial charge in [-0.3, -0.25) is 14.5 Å². The first-order valence-electron chi connectivity index (χ1n) is 10.0. The Morgan fingerprint density at radius 3 is 2.73 bits per heavy atom. The second-order valence-electron chi connectivity index (χ2n) is 7.95. The molecule has 7 nitrogen and oxygen atoms in total. The van der Waals surface area contributed by atoms with E-state index < -0.39 is 17.5 Å². The predicted molar refractivity (Wildman–Crippen MR) is 111 cm³/mol. The maximum absolute atomic E-state index is 13.2. The zero-order chi connectivity index (χ0) is 21.5. The molecule has 2 aromatic carbocycles. The summed E-state index contributed by atoms with van der Waals surface area (Å²) in [7, 11) is 0. The van der Waals surface area contributed by atoms with E-state index in [1.807, 2.05) is 45.0 Å². The fourth-order valence-electron chi connectivity index (χ4n) is 4.06. The molecule has 2 N–H and O–H groups in total. The number of hydrogen-bond acceptors (Lipinski definition) is 4. The number of para-hydroxylation sites is 1. The van der Waals surface area contributed by atoms with Crippen molar-refractivity contribution in [2.24, 2.45) is 0 Å². The molecule has 4 rings (SSSR count). The van der Waals surface area contributed by atoms with E-state index in [1.54, 1.807) is 18.2 Å². The predicted octanol–water partition coefficient (Wildman–Crippen LogP) is 2.71. The summed E-state index contributed by atoms with van der Waals surface area (Å²) in [4.78, 5) is 39.5. The van der Waals surface area contributed by atoms with Gasteiger partial charge in [-0.1, -0.05) is 36.4 Å². The van der Waals surface area contributed by atoms with E-state index in [0.717, 1.165) is 16.0 Å². The van der Waals surface area contributed by atoms with Gasteiger partial charge in [-0.2, -0.15) is 0 Å². The molecule has 2 atom stereocenters. The van der Waals surface area contributed by atoms with Crippen molar-refractivity contribution in [3.8, 4) is 5.75 Å². The molecule has 1 saturated heterocycles. The Bertz CT molecular complexity index is 1030. The number of carbonyl (C=O) groups is 3. The molecule has 2 aliphatic rings. The molecule has 156 valence electrons. The van der Waals surface area contributed by atoms with Crippen molar-refractivity contribution in [1.29, 1.82) is 0 Å². The summed E-state index contributed by atoms with van der Waals surface area (Å²) in [6.07, 6.45) is 0.325. The van der Waals surface area contributed by atoms with Gasteiger partial charge in [-0.15, -0.1) is 0 Å². The molecule has 0 aromatic heterocycles. The second-order valence-corrected chi connectivity index (χ2v) is 7.95. The highest BCUT2D eigenvalue weighted by Crippen LogP contribution is 2.40. The van der Waals surface area contributed by atoms with Crippen molar-refractivity contribution in [1.82, 2.24) is 15.5 Å². The number of nitrogens with one attached hydrogen (secondary N) is 2. The standard InChI is InChI=1S/C23H25N3O4/c1-14-8-9-17(12-15(14)2)16(3)24-20(27)13-26-21(28)23(25-22(26)29)10-11-30-19-7-5-4-6-18(19)23/h4-9,12,16H,10-11,13H2,1-3H3,(H,24,27)(H,25,29). The van der Waals surface area contributed by atoms with Gasteiger partial charge in [0.05, 0.1) is 12.6 Å². The summed E-state index contributed by atoms with van der Waals surface area (Å²) in [5, 5.41) is 5.69. The van der Waals surface area contributed by atoms with Crippen LogP contribution in [-0.2, 0) is 15.1 Å². The Kier molecular flexibility index (Phi) is 4.97. The van der Waals surface area contributed by atoms with Crippen molar-refractivity contribution in [2.75, 3.05) is 13.2 Å². The molecule has 2 aliphatic heterocycles. The third-order valence-corrected chi connectivity index (χ3v) is 5.97. The van der Waals surface area contributed by atoms with Gasteiger partial charge in [0, 0.05) is 12.0 Å². The minimum atomic E-state index is -1.17. The average Bonchev–Trinajstić information content (AvgIpc) is 2.95. The lowest BCUT2D eigenvalue weighted by molar-refractivity contribution is -0.136. The molecule has 30 heavy (non-hydrogen) atoms. The highest BCUT2D eigenvalue weighted by molar-refractivity contribution is 6.09. The van der Waals surface area contributed by atoms with Gasteiger partial charge in [0.2, 0.25) is 5.91 Å². The molecular formula is C23H25N3O4. The second kappa shape index (κ2) is 7.48. The largest absolute Gasteiger partial charge is 0.493 e. The van der Waals surface area contributed by atoms with E-state index >= 15 is 0 Å². The smallest absolute Gasteiger partial charge is 0.325 e. The van der Waals surface area contributed by atoms with Gasteiger partial charge in [0.15, 0.2) is 5.54 Å². The Balaban J connectivity index is 1.49. The first kappa shape index (κ1) is 19.9. The zero-order valence-corrected chi connectivity index (χ0v) is 17.3. The maximum atomic E-state index is 13.2. The van der Waals surface area contributed by atoms with E-state index in [0.29, 0.717) is 24.3 Å². The number of ether oxygens (including phenoxy) is 1. The molecule has 0 bridgehead atoms. The lowest BCUT2D eigenvalue weighted by atomic mass is 9.84. The van der Waals surface area contributed by atoms with Crippen LogP contribution in [0.4, 0.5) is 4.79 Å². The van der Waals surface area contributed by atoms with Gasteiger partial charge < -0.3 is 15.4 Å². The Morgan fingerprint density at radius 2 is 1.97 bits per heavy atom. The van der Waals surface area contributed by atoms with Crippen LogP contribution in [0.15, 0.2) is 42.5 Å². The molecular weight excluding hydrogens is 382 g/mol. The van der Waals surface area contributed by atoms with Crippen LogP contribution in [0.1, 0.15) is 41.6 Å². The summed E-state index contributed by atoms with van der Waals surface area (Å²) >= 11 is 0. The molecule has 0 saturated carbocycles. The number of amides is 4. The molecule has 2 aromatic rings. The number of hydrogen-bond donors (Lipinski definition) is 2. The van der Waals surface area contributed by atoms with E-state index in [1.165, 1.54) is 5.56 Å². The Labute approximate surface area is 175 Å². The van der Waals surface area contributed by atoms with Crippen molar-refractivity contribution in [3.63, 3.8) is 0 Å². The molecule has 0 aliphatic carbocycles. The van der Waals surface area contributed by atoms with Crippen LogP contribution in [0.3, 0.4) is 0 Å². The third-order valence-electron chi connectivity index (χ3n) is 5.97. The fourth-order valence-corrected chi connectivity index (χ4v) is 4.06. The molecule has 2 unspecified atom stereocenters. The normalized spacial score (nSPS) is 21.1. The van der Waals surface area contributed by atoms with Crippen LogP contribution in [0, 0.1) is 13.8 Å². The quantitative estimate of drug-likeness (QED) is 0.763. The monoisotopic (exact) mass is 407 g/mol. The zero-order valence-electron chi connectivity index (χ0n) is 17.3. The summed E-state index contributed by atoms with van der Waals surface area (Å²) in [6.45, 7) is 5.91. The highest BCUT2D eigenvalue weighted by Gasteiger charge is 2.55. The van der Waals surface area contributed by atoms with E-state index in [-0.39, 0.29) is 18.5 Å². The molecule has 7 heteroatoms. The Hall–Kier alpha value is -3.35. The van der Waals surface area contributed by atoms with Crippen LogP contribution >= 0.6 is 0 Å². The summed E-state index contributed by atoms with van der Waals surface area (Å²) in [6, 6.07) is 12.4. The lowest BCUT2D eigenvalue weighted by Gasteiger charge is -2.33. The number of nitrogens with zero attached hydrogens (tertiary/aromatic N) is 1. The molecule has 4 amide bonds. The van der Waals surface area contributed by atoms with Crippen LogP contribution in [0.5, 0.6) is 5.75 Å². The minimum absolute atomic E-state index is 0.240. The first-order valence-corrected chi connectivity index (χ1v) is 10.0. The summed E-state index contributed by atoms with van der Waals surface area (Å²) in [5.41, 5.74) is 2.74. The van der Waals surface area contributed by atoms with Gasteiger partial charge in [0.1, 0.15) is 12.3 Å². The first-order chi connectivity index (χ1) is 14.3. The summed E-state index contributed by atoms with van der Waals surface area (Å²) in [5.74, 6) is -0.231. The summed E-state index contributed by atoms with van der Waals surface area (Å²) < 4.78 is 5.63. The minimum Gasteiger partial charge on any atom is -0.493 e. The van der Waals surface area contributed by atoms with Crippen LogP contribution in [0.2, 0.25) is 0 Å². The molecule has 1 spiro atoms. The third kappa shape index (κ3) is 3.30. The average molecular weight is 407 g/mol. The number of aryl methyl sites for hydroxylation is 2. The number of imide groups is 1. The van der Waals surface area contributed by atoms with Gasteiger partial charge >= 0.3 is 6.03 Å². The van der Waals surface area contributed by atoms with Crippen LogP contribution in [-0.4, -0.2) is 35.9 Å². The van der Waals surface area contributed by atoms with E-state index in [4.69, 9.17) is 4.74 Å². The molecule has 0 radical (unpaired) electrons. The van der Waals surface area contributed by atoms with Gasteiger partial charge in [-0.05, 0) is 43.5 Å². The fraction of sp³-hybridized carbons (Fsp3) is 0.348. The number of rotatable bonds is 4. The number of fused-ring (bicyclic) bond motifs is 2. The lowest BCUT2D eigenvalue weighted by Crippen LogP contribution is -2.48. The number of benzene rings is 2. The van der Waals surface area contributed by atoms with Gasteiger partial charge in [0.25, 0.3) is 5.91 Å². The van der Waals surface area contributed by atoms with Crippen molar-refractivity contribution in [3.05, 3.63) is 64.7 Å². The van der Waals surface area contributed by atoms with E-state index in [2.05, 4.69) is 10.6 Å². The molecule has 1 fully saturated rings. The van der Waals surface area contributed by atoms with Gasteiger partial charge in [-0.25, -0.2) is 4.79 Å². The number of urea groups is 1. The van der Waals surface area contributed by atoms with Crippen molar-refractivity contribution >= 4 is 17.8 Å². The number of carbonyl (C=O) groups excluding carboxylic acids is 3. The molecule has 2 heterocycles. The topological polar surface area (TPSA) is 87.7 Å². The SMILES string of the molecule is Cc1ccc(C(C)NC(=O)CN2C(=O)NC3(CCOc4ccccc43)C2=O)cc1C. The highest BCUT2D eigenvalue weighted by atomic mass is 16.5. The van der Waals surface area contributed by atoms with Crippen LogP contribution in [0.25, 0.3) is 0 Å². The van der Waals surface area contributed by atoms with Crippen LogP contribution < -0.4 is 15.4 Å². The van der Waals surface area contributed by atoms with Crippen molar-refractivity contribution < 1.29 is 19.1 Å². The maximum Gasteiger partial charge on any atom is 0.325 e. The Morgan fingerprint density at radius 1 is 1.20 bits per heavy atom. The van der Waals surface area contributed by atoms with Crippen molar-refractivity contribution in [2.45, 2.75) is 38.8 Å².